The number of imidazole rings is 1. The lowest BCUT2D eigenvalue weighted by molar-refractivity contribution is -0.142. The van der Waals surface area contributed by atoms with E-state index in [1.807, 2.05) is 0 Å². The second-order valence-corrected chi connectivity index (χ2v) is 23.7. The number of carbonyl (C=O) groups excluding carboxylic acids is 14. The lowest BCUT2D eigenvalue weighted by Gasteiger charge is -2.30. The Kier molecular flexibility index (Phi) is 36.1. The molecule has 1 aromatic carbocycles. The van der Waals surface area contributed by atoms with Gasteiger partial charge in [0, 0.05) is 73.7 Å². The van der Waals surface area contributed by atoms with E-state index < -0.39 is 200 Å². The molecule has 2 aromatic rings. The minimum atomic E-state index is -1.77. The summed E-state index contributed by atoms with van der Waals surface area (Å²) in [6.07, 6.45) is 1.01. The minimum absolute atomic E-state index is 0.0308. The number of hydrogen-bond donors (Lipinski definition) is 24. The maximum Gasteiger partial charge on any atom is 0.327 e. The number of aromatic amines is 1. The van der Waals surface area contributed by atoms with Gasteiger partial charge in [0.05, 0.1) is 25.5 Å². The number of carboxylic acid groups (broad SMARTS) is 1. The summed E-state index contributed by atoms with van der Waals surface area (Å²) in [4.78, 5) is 211. The van der Waals surface area contributed by atoms with Crippen molar-refractivity contribution in [2.24, 2.45) is 33.7 Å². The number of aliphatic imine (C=N–C) groups is 1. The summed E-state index contributed by atoms with van der Waals surface area (Å²) in [7, 11) is 0. The summed E-state index contributed by atoms with van der Waals surface area (Å²) in [5, 5.41) is 55.3. The Morgan fingerprint density at radius 1 is 0.602 bits per heavy atom. The molecule has 12 unspecified atom stereocenters. The zero-order valence-electron chi connectivity index (χ0n) is 53.1. The number of nitrogens with zero attached hydrogens (tertiary/aromatic N) is 3. The molecular weight excluding hydrogens is 1370 g/mol. The van der Waals surface area contributed by atoms with Crippen molar-refractivity contribution in [3.8, 4) is 5.75 Å². The van der Waals surface area contributed by atoms with Gasteiger partial charge in [0.1, 0.15) is 72.2 Å². The fourth-order valence-corrected chi connectivity index (χ4v) is 10.3. The number of H-pyrrole nitrogens is 1. The van der Waals surface area contributed by atoms with E-state index in [1.165, 1.54) is 48.6 Å². The summed E-state index contributed by atoms with van der Waals surface area (Å²) >= 11 is 16.4. The lowest BCUT2D eigenvalue weighted by Crippen LogP contribution is -2.60. The topological polar surface area (TPSA) is 623 Å². The van der Waals surface area contributed by atoms with Crippen LogP contribution in [-0.2, 0) is 84.8 Å². The molecular formula is C56H86N20O18S4. The average molecular weight is 1460 g/mol. The van der Waals surface area contributed by atoms with Gasteiger partial charge >= 0.3 is 5.97 Å². The number of guanidine groups is 1. The van der Waals surface area contributed by atoms with Gasteiger partial charge < -0.3 is 112 Å². The van der Waals surface area contributed by atoms with Crippen LogP contribution in [0.15, 0.2) is 41.8 Å². The van der Waals surface area contributed by atoms with E-state index in [9.17, 15) is 87.2 Å². The Hall–Kier alpha value is -9.13. The van der Waals surface area contributed by atoms with Gasteiger partial charge in [-0.3, -0.25) is 72.1 Å². The van der Waals surface area contributed by atoms with Crippen LogP contribution in [0.2, 0.25) is 0 Å². The van der Waals surface area contributed by atoms with Gasteiger partial charge in [0.15, 0.2) is 5.96 Å². The first kappa shape index (κ1) is 83.1. The maximum atomic E-state index is 14.4. The van der Waals surface area contributed by atoms with Crippen molar-refractivity contribution in [2.45, 2.75) is 144 Å². The number of nitrogens with two attached hydrogens (primary N) is 5. The predicted octanol–water partition coefficient (Wildman–Crippen LogP) is -9.42. The number of amides is 14. The molecule has 38 nitrogen and oxygen atoms in total. The standard InChI is InChI=1S/C56H86N20O18S4/c1-26(66-53(91)40-5-3-15-76(40)54(92)34(17-28-18-62-25-65-28)70-51(89)38(23-97)74-52(90)37(22-96)73-45(83)30(57)4-2-14-63-56(60)61)44(82)72-36(21-95)46(84)64-19-43(81)67-31(10-12-41(58)79)47(85)68-32(11-13-42(59)80)48(86)69-33(16-27-6-8-29(78)9-7-27)49(87)71-35(20-77)50(88)75-39(24-98)55(93)94/h6-9,18,25-26,30-40,77-78,95-98H,2-5,10-17,19-24,57H2,1H3,(H2,58,79)(H2,59,80)(H,62,65)(H,64,84)(H,66,91)(H,67,81)(H,68,85)(H,69,86)(H,70,89)(H,71,87)(H,72,82)(H,73,83)(H,74,90)(H,75,88)(H,93,94)(H4,60,61,63). The zero-order chi connectivity index (χ0) is 73.3. The molecule has 14 amide bonds. The number of aliphatic hydroxyl groups is 1. The molecule has 98 heavy (non-hydrogen) atoms. The number of rotatable bonds is 43. The SMILES string of the molecule is CC(NC(=O)C1CCCN1C(=O)C(Cc1cnc[nH]1)NC(=O)C(CS)NC(=O)C(CS)NC(=O)C(N)CCCN=C(N)N)C(=O)NC(CS)C(=O)NCC(=O)NC(CCC(N)=O)C(=O)NC(CCC(N)=O)C(=O)NC(Cc1ccc(O)cc1)C(=O)NC(CO)C(=O)NC(CS)C(=O)O. The number of aromatic hydroxyl groups is 1. The molecule has 0 spiro atoms. The molecule has 12 atom stereocenters. The molecule has 3 rings (SSSR count). The van der Waals surface area contributed by atoms with Gasteiger partial charge in [-0.2, -0.15) is 50.5 Å². The van der Waals surface area contributed by atoms with Gasteiger partial charge in [0.2, 0.25) is 82.7 Å². The molecule has 1 aliphatic rings. The van der Waals surface area contributed by atoms with Crippen LogP contribution in [0.5, 0.6) is 5.75 Å². The number of aliphatic carboxylic acids is 1. The first-order valence-corrected chi connectivity index (χ1v) is 32.9. The second kappa shape index (κ2) is 42.5. The first-order chi connectivity index (χ1) is 46.4. The molecule has 0 aliphatic carbocycles. The van der Waals surface area contributed by atoms with Crippen LogP contribution in [0.1, 0.15) is 69.5 Å². The highest BCUT2D eigenvalue weighted by Crippen LogP contribution is 2.21. The van der Waals surface area contributed by atoms with Gasteiger partial charge in [-0.05, 0) is 63.1 Å². The normalized spacial score (nSPS) is 15.9. The van der Waals surface area contributed by atoms with E-state index in [4.69, 9.17) is 28.7 Å². The largest absolute Gasteiger partial charge is 0.508 e. The van der Waals surface area contributed by atoms with Crippen molar-refractivity contribution in [3.05, 3.63) is 48.0 Å². The fraction of sp³-hybridized carbons (Fsp3) is 0.554. The number of aromatic nitrogens is 2. The number of primary amides is 2. The number of carboxylic acids is 1. The third-order valence-corrected chi connectivity index (χ3v) is 16.1. The van der Waals surface area contributed by atoms with E-state index in [0.717, 1.165) is 0 Å². The third kappa shape index (κ3) is 28.5. The van der Waals surface area contributed by atoms with Crippen molar-refractivity contribution in [2.75, 3.05) is 49.3 Å². The van der Waals surface area contributed by atoms with E-state index >= 15 is 0 Å². The smallest absolute Gasteiger partial charge is 0.327 e. The molecule has 0 radical (unpaired) electrons. The van der Waals surface area contributed by atoms with Gasteiger partial charge in [-0.25, -0.2) is 9.78 Å². The molecule has 1 aliphatic heterocycles. The number of thiol groups is 4. The Bertz CT molecular complexity index is 3150. The average Bonchev–Trinajstić information content (AvgIpc) is 1.62. The fourth-order valence-electron chi connectivity index (χ4n) is 9.24. The van der Waals surface area contributed by atoms with E-state index in [1.54, 1.807) is 0 Å². The Labute approximate surface area is 583 Å². The predicted molar refractivity (Wildman–Crippen MR) is 362 cm³/mol. The number of phenols is 1. The van der Waals surface area contributed by atoms with Crippen LogP contribution < -0.4 is 87.2 Å². The van der Waals surface area contributed by atoms with Gasteiger partial charge in [-0.1, -0.05) is 12.1 Å². The van der Waals surface area contributed by atoms with Crippen LogP contribution in [0.25, 0.3) is 0 Å². The molecule has 42 heteroatoms. The molecule has 2 heterocycles. The summed E-state index contributed by atoms with van der Waals surface area (Å²) in [5.41, 5.74) is 28.1. The number of aliphatic hydroxyl groups excluding tert-OH is 1. The molecule has 1 saturated heterocycles. The van der Waals surface area contributed by atoms with Crippen LogP contribution in [0.4, 0.5) is 0 Å². The quantitative estimate of drug-likeness (QED) is 0.0127. The Balaban J connectivity index is 1.71. The monoisotopic (exact) mass is 1450 g/mol. The second-order valence-electron chi connectivity index (χ2n) is 22.2. The van der Waals surface area contributed by atoms with E-state index in [0.29, 0.717) is 24.1 Å². The highest BCUT2D eigenvalue weighted by molar-refractivity contribution is 7.80. The van der Waals surface area contributed by atoms with Crippen molar-refractivity contribution in [1.82, 2.24) is 73.4 Å². The van der Waals surface area contributed by atoms with E-state index in [2.05, 4.69) is 124 Å². The van der Waals surface area contributed by atoms with Crippen LogP contribution >= 0.6 is 50.5 Å². The Morgan fingerprint density at radius 3 is 1.61 bits per heavy atom. The molecule has 1 aromatic heterocycles. The van der Waals surface area contributed by atoms with Crippen LogP contribution in [0.3, 0.4) is 0 Å². The number of benzene rings is 1. The van der Waals surface area contributed by atoms with Crippen molar-refractivity contribution < 1.29 is 87.2 Å². The number of phenolic OH excluding ortho intramolecular Hbond substituents is 1. The molecule has 1 fully saturated rings. The van der Waals surface area contributed by atoms with Gasteiger partial charge in [-0.15, -0.1) is 0 Å². The number of carbonyl (C=O) groups is 15. The lowest BCUT2D eigenvalue weighted by atomic mass is 10.0. The molecule has 25 N–H and O–H groups in total. The summed E-state index contributed by atoms with van der Waals surface area (Å²) < 4.78 is 0. The zero-order valence-corrected chi connectivity index (χ0v) is 56.7. The van der Waals surface area contributed by atoms with Gasteiger partial charge in [0.25, 0.3) is 0 Å². The van der Waals surface area contributed by atoms with Crippen molar-refractivity contribution in [3.63, 3.8) is 0 Å². The number of hydrogen-bond acceptors (Lipinski definition) is 24. The maximum absolute atomic E-state index is 14.4. The Morgan fingerprint density at radius 2 is 1.08 bits per heavy atom. The van der Waals surface area contributed by atoms with E-state index in [-0.39, 0.29) is 73.5 Å². The van der Waals surface area contributed by atoms with Crippen LogP contribution in [-0.4, -0.2) is 247 Å². The summed E-state index contributed by atoms with van der Waals surface area (Å²) in [5.74, 6) is -16.4. The summed E-state index contributed by atoms with van der Waals surface area (Å²) in [6.45, 7) is -0.434. The molecule has 0 saturated carbocycles. The summed E-state index contributed by atoms with van der Waals surface area (Å²) in [6, 6.07) is -12.2. The molecule has 0 bridgehead atoms. The highest BCUT2D eigenvalue weighted by Gasteiger charge is 2.41. The minimum Gasteiger partial charge on any atom is -0.508 e. The van der Waals surface area contributed by atoms with Crippen molar-refractivity contribution >= 4 is 145 Å². The number of likely N-dealkylation sites (tertiary alicyclic amines) is 1. The first-order valence-electron chi connectivity index (χ1n) is 30.4. The number of nitrogens with one attached hydrogen (secondary N) is 12. The third-order valence-electron chi connectivity index (χ3n) is 14.6. The molecule has 542 valence electrons. The van der Waals surface area contributed by atoms with Crippen molar-refractivity contribution in [1.29, 1.82) is 0 Å². The van der Waals surface area contributed by atoms with Crippen LogP contribution in [0, 0.1) is 0 Å². The highest BCUT2D eigenvalue weighted by atomic mass is 32.1.